The van der Waals surface area contributed by atoms with Crippen molar-refractivity contribution in [2.24, 2.45) is 0 Å². The number of nitrogens with one attached hydrogen (secondary N) is 1. The van der Waals surface area contributed by atoms with Gasteiger partial charge in [-0.25, -0.2) is 28.7 Å². The number of pyridine rings is 1. The molecule has 8 nitrogen and oxygen atoms in total. The summed E-state index contributed by atoms with van der Waals surface area (Å²) in [5.74, 6) is 0.179. The van der Waals surface area contributed by atoms with E-state index in [2.05, 4.69) is 48.6 Å². The molecule has 0 amide bonds. The van der Waals surface area contributed by atoms with E-state index in [1.807, 2.05) is 37.5 Å². The van der Waals surface area contributed by atoms with E-state index in [1.165, 1.54) is 6.07 Å². The van der Waals surface area contributed by atoms with Crippen molar-refractivity contribution in [1.82, 2.24) is 34.3 Å². The Morgan fingerprint density at radius 1 is 1.03 bits per heavy atom. The highest BCUT2D eigenvalue weighted by molar-refractivity contribution is 5.83. The number of nitrogens with zero attached hydrogens (tertiary/aromatic N) is 7. The fourth-order valence-electron chi connectivity index (χ4n) is 4.96. The molecule has 38 heavy (non-hydrogen) atoms. The molecule has 10 heteroatoms. The van der Waals surface area contributed by atoms with Crippen molar-refractivity contribution in [3.05, 3.63) is 66.3 Å². The number of piperazine rings is 1. The van der Waals surface area contributed by atoms with Gasteiger partial charge in [0.15, 0.2) is 11.6 Å². The maximum absolute atomic E-state index is 15.0. The molecule has 4 heterocycles. The zero-order valence-electron chi connectivity index (χ0n) is 22.2. The number of rotatable bonds is 7. The lowest BCUT2D eigenvalue weighted by atomic mass is 10.1. The number of fused-ring (bicyclic) bond motifs is 1. The fraction of sp³-hybridized carbons (Fsp3) is 0.357. The molecule has 198 valence electrons. The highest BCUT2D eigenvalue weighted by Gasteiger charge is 2.20. The third-order valence-electron chi connectivity index (χ3n) is 7.00. The van der Waals surface area contributed by atoms with E-state index in [0.29, 0.717) is 22.7 Å². The number of aryl methyl sites for hydroxylation is 1. The van der Waals surface area contributed by atoms with E-state index in [-0.39, 0.29) is 23.2 Å². The summed E-state index contributed by atoms with van der Waals surface area (Å²) >= 11 is 0. The summed E-state index contributed by atoms with van der Waals surface area (Å²) in [6, 6.07) is 6.78. The summed E-state index contributed by atoms with van der Waals surface area (Å²) in [5, 5.41) is 3.02. The minimum atomic E-state index is -0.649. The number of likely N-dealkylation sites (N-methyl/N-ethyl adjacent to an activating group) is 1. The Morgan fingerprint density at radius 3 is 2.45 bits per heavy atom. The largest absolute Gasteiger partial charge is 0.369 e. The molecule has 3 aromatic heterocycles. The zero-order chi connectivity index (χ0) is 27.0. The first kappa shape index (κ1) is 25.7. The Hall–Kier alpha value is -3.92. The predicted octanol–water partition coefficient (Wildman–Crippen LogP) is 5.41. The maximum atomic E-state index is 15.0. The van der Waals surface area contributed by atoms with E-state index < -0.39 is 11.6 Å². The van der Waals surface area contributed by atoms with E-state index >= 15 is 0 Å². The molecule has 0 aliphatic carbocycles. The average molecular weight is 519 g/mol. The maximum Gasteiger partial charge on any atom is 0.229 e. The van der Waals surface area contributed by atoms with Gasteiger partial charge in [-0.1, -0.05) is 13.5 Å². The van der Waals surface area contributed by atoms with Crippen molar-refractivity contribution in [3.63, 3.8) is 0 Å². The van der Waals surface area contributed by atoms with Crippen LogP contribution in [0.5, 0.6) is 0 Å². The third kappa shape index (κ3) is 4.96. The number of benzene rings is 1. The van der Waals surface area contributed by atoms with Gasteiger partial charge in [-0.05, 0) is 51.6 Å². The molecular weight excluding hydrogens is 486 g/mol. The van der Waals surface area contributed by atoms with Gasteiger partial charge < -0.3 is 19.7 Å². The molecular formula is C28H32F2N8. The van der Waals surface area contributed by atoms with Gasteiger partial charge in [-0.2, -0.15) is 0 Å². The second-order valence-corrected chi connectivity index (χ2v) is 9.76. The Bertz CT molecular complexity index is 1470. The van der Waals surface area contributed by atoms with Crippen LogP contribution in [0.4, 0.5) is 20.5 Å². The standard InChI is InChI=1S/C28H32F2N8/c1-6-36-9-11-37(12-10-36)18(4)20-7-8-25(31-15-20)34-28-32-16-23(30)26(35-28)21-13-22(29)27-24(14-21)38(17(2)3)19(5)33-27/h7-8,13-17H,4,6,9-12H2,1-3,5H3,(H,31,32,34,35). The van der Waals surface area contributed by atoms with Gasteiger partial charge in [0, 0.05) is 55.2 Å². The van der Waals surface area contributed by atoms with Gasteiger partial charge in [-0.3, -0.25) is 0 Å². The molecule has 0 unspecified atom stereocenters. The molecule has 0 spiro atoms. The molecule has 1 N–H and O–H groups in total. The van der Waals surface area contributed by atoms with Gasteiger partial charge in [0.1, 0.15) is 22.9 Å². The van der Waals surface area contributed by atoms with Crippen molar-refractivity contribution in [2.75, 3.05) is 38.0 Å². The second kappa shape index (κ2) is 10.4. The van der Waals surface area contributed by atoms with Gasteiger partial charge in [0.05, 0.1) is 11.7 Å². The summed E-state index contributed by atoms with van der Waals surface area (Å²) in [5.41, 5.74) is 3.02. The van der Waals surface area contributed by atoms with Crippen LogP contribution in [0.2, 0.25) is 0 Å². The van der Waals surface area contributed by atoms with Crippen molar-refractivity contribution >= 4 is 28.5 Å². The van der Waals surface area contributed by atoms with Crippen LogP contribution < -0.4 is 5.32 Å². The van der Waals surface area contributed by atoms with Crippen LogP contribution in [0.1, 0.15) is 38.2 Å². The van der Waals surface area contributed by atoms with Crippen LogP contribution >= 0.6 is 0 Å². The first-order valence-electron chi connectivity index (χ1n) is 12.9. The van der Waals surface area contributed by atoms with Crippen molar-refractivity contribution in [1.29, 1.82) is 0 Å². The Morgan fingerprint density at radius 2 is 1.79 bits per heavy atom. The lowest BCUT2D eigenvalue weighted by Crippen LogP contribution is -2.44. The highest BCUT2D eigenvalue weighted by atomic mass is 19.1. The average Bonchev–Trinajstić information content (AvgIpc) is 3.26. The predicted molar refractivity (Wildman–Crippen MR) is 146 cm³/mol. The van der Waals surface area contributed by atoms with E-state index in [1.54, 1.807) is 12.3 Å². The van der Waals surface area contributed by atoms with E-state index in [4.69, 9.17) is 0 Å². The Kier molecular flexibility index (Phi) is 7.07. The van der Waals surface area contributed by atoms with Gasteiger partial charge >= 0.3 is 0 Å². The molecule has 1 aliphatic heterocycles. The normalized spacial score (nSPS) is 14.4. The lowest BCUT2D eigenvalue weighted by Gasteiger charge is -2.36. The van der Waals surface area contributed by atoms with Crippen molar-refractivity contribution < 1.29 is 8.78 Å². The van der Waals surface area contributed by atoms with Crippen LogP contribution in [-0.4, -0.2) is 67.0 Å². The minimum Gasteiger partial charge on any atom is -0.369 e. The first-order valence-corrected chi connectivity index (χ1v) is 12.9. The third-order valence-corrected chi connectivity index (χ3v) is 7.00. The van der Waals surface area contributed by atoms with Crippen molar-refractivity contribution in [2.45, 2.75) is 33.7 Å². The SMILES string of the molecule is C=C(c1ccc(Nc2ncc(F)c(-c3cc(F)c4nc(C)n(C(C)C)c4c3)n2)nc1)N1CCN(CC)CC1. The number of anilines is 2. The lowest BCUT2D eigenvalue weighted by molar-refractivity contribution is 0.183. The van der Waals surface area contributed by atoms with Gasteiger partial charge in [-0.15, -0.1) is 0 Å². The topological polar surface area (TPSA) is 75.0 Å². The molecule has 5 rings (SSSR count). The zero-order valence-corrected chi connectivity index (χ0v) is 22.2. The van der Waals surface area contributed by atoms with Crippen LogP contribution in [0.15, 0.2) is 43.2 Å². The van der Waals surface area contributed by atoms with Crippen LogP contribution in [0, 0.1) is 18.6 Å². The number of hydrogen-bond acceptors (Lipinski definition) is 7. The summed E-state index contributed by atoms with van der Waals surface area (Å²) in [4.78, 5) is 21.9. The summed E-state index contributed by atoms with van der Waals surface area (Å²) in [7, 11) is 0. The molecule has 1 aromatic carbocycles. The monoisotopic (exact) mass is 518 g/mol. The number of imidazole rings is 1. The molecule has 0 saturated carbocycles. The summed E-state index contributed by atoms with van der Waals surface area (Å²) in [6.45, 7) is 17.2. The summed E-state index contributed by atoms with van der Waals surface area (Å²) in [6.07, 6.45) is 2.82. The van der Waals surface area contributed by atoms with E-state index in [9.17, 15) is 8.78 Å². The molecule has 1 aliphatic rings. The van der Waals surface area contributed by atoms with E-state index in [0.717, 1.165) is 50.2 Å². The quantitative estimate of drug-likeness (QED) is 0.351. The minimum absolute atomic E-state index is 0.00585. The molecule has 0 radical (unpaired) electrons. The van der Waals surface area contributed by atoms with Crippen molar-refractivity contribution in [3.8, 4) is 11.3 Å². The van der Waals surface area contributed by atoms with Crippen LogP contribution in [-0.2, 0) is 0 Å². The number of aromatic nitrogens is 5. The highest BCUT2D eigenvalue weighted by Crippen LogP contribution is 2.30. The molecule has 0 bridgehead atoms. The van der Waals surface area contributed by atoms with Gasteiger partial charge in [0.2, 0.25) is 5.95 Å². The summed E-state index contributed by atoms with van der Waals surface area (Å²) < 4.78 is 31.7. The molecule has 1 saturated heterocycles. The smallest absolute Gasteiger partial charge is 0.229 e. The molecule has 0 atom stereocenters. The number of hydrogen-bond donors (Lipinski definition) is 1. The van der Waals surface area contributed by atoms with Crippen LogP contribution in [0.3, 0.4) is 0 Å². The Balaban J connectivity index is 1.37. The van der Waals surface area contributed by atoms with Gasteiger partial charge in [0.25, 0.3) is 0 Å². The van der Waals surface area contributed by atoms with Crippen LogP contribution in [0.25, 0.3) is 28.0 Å². The Labute approximate surface area is 221 Å². The fourth-order valence-corrected chi connectivity index (χ4v) is 4.96. The number of halogens is 2. The molecule has 1 fully saturated rings. The molecule has 4 aromatic rings. The second-order valence-electron chi connectivity index (χ2n) is 9.76. The first-order chi connectivity index (χ1) is 18.2.